The quantitative estimate of drug-likeness (QED) is 0.113. The third kappa shape index (κ3) is 11.9. The molecule has 126 heavy (non-hydrogen) atoms. The van der Waals surface area contributed by atoms with Gasteiger partial charge in [-0.3, -0.25) is 0 Å². The summed E-state index contributed by atoms with van der Waals surface area (Å²) in [5, 5.41) is 11.1. The SMILES string of the molecule is c1ccc(-c2nc(-c3ccccc3)nc(-c3cc(-c4nc(-c5ccccc5)c5oc6ccccc6c5n4)ccc3-n3c4ccccc4c4c5c(ccc43)oc3ccccc35)n2)cc1.c1ccc(-c2nc(-c3ccccc3)nc(-c3cc(-c4nc(-c5ccccc5)c5oc6ccccc6c5n4)ccc3-n3c4ccccc4c4c5c(ccc43)sc3ccccc35)n2)cc1. The molecule has 10 aromatic heterocycles. The molecule has 0 saturated heterocycles. The Kier molecular flexibility index (Phi) is 16.7. The molecular formula is C110H64N12O3S. The Morgan fingerprint density at radius 3 is 0.984 bits per heavy atom. The maximum absolute atomic E-state index is 6.48. The Bertz CT molecular complexity index is 8230. The van der Waals surface area contributed by atoms with Gasteiger partial charge in [0, 0.05) is 119 Å². The van der Waals surface area contributed by atoms with Crippen LogP contribution in [0.1, 0.15) is 0 Å². The molecule has 26 aromatic rings. The van der Waals surface area contributed by atoms with E-state index in [4.69, 9.17) is 63.1 Å². The number of fused-ring (bicyclic) bond motifs is 20. The van der Waals surface area contributed by atoms with Crippen LogP contribution in [-0.4, -0.2) is 59.0 Å². The summed E-state index contributed by atoms with van der Waals surface area (Å²) in [4.78, 5) is 52.4. The van der Waals surface area contributed by atoms with E-state index in [0.29, 0.717) is 63.5 Å². The van der Waals surface area contributed by atoms with E-state index in [1.807, 2.05) is 224 Å². The van der Waals surface area contributed by atoms with Crippen LogP contribution in [-0.2, 0) is 0 Å². The van der Waals surface area contributed by atoms with Gasteiger partial charge in [0.1, 0.15) is 44.8 Å². The van der Waals surface area contributed by atoms with Gasteiger partial charge >= 0.3 is 0 Å². The van der Waals surface area contributed by atoms with Gasteiger partial charge in [-0.1, -0.05) is 279 Å². The molecule has 0 aliphatic rings. The van der Waals surface area contributed by atoms with E-state index in [0.717, 1.165) is 160 Å². The number of aromatic nitrogens is 12. The molecule has 0 N–H and O–H groups in total. The first-order valence-electron chi connectivity index (χ1n) is 41.7. The van der Waals surface area contributed by atoms with Crippen molar-refractivity contribution in [2.45, 2.75) is 0 Å². The number of nitrogens with zero attached hydrogens (tertiary/aromatic N) is 12. The monoisotopic (exact) mass is 1630 g/mol. The van der Waals surface area contributed by atoms with Gasteiger partial charge in [0.25, 0.3) is 0 Å². The first-order valence-corrected chi connectivity index (χ1v) is 42.5. The van der Waals surface area contributed by atoms with Crippen molar-refractivity contribution < 1.29 is 13.3 Å². The lowest BCUT2D eigenvalue weighted by Crippen LogP contribution is -2.04. The number of benzene rings is 16. The molecular weight excluding hydrogens is 1570 g/mol. The molecule has 0 saturated carbocycles. The molecule has 0 amide bonds. The van der Waals surface area contributed by atoms with Crippen molar-refractivity contribution in [3.05, 3.63) is 388 Å². The third-order valence-corrected chi connectivity index (χ3v) is 24.9. The Balaban J connectivity index is 0.000000137. The highest BCUT2D eigenvalue weighted by Gasteiger charge is 2.29. The fourth-order valence-electron chi connectivity index (χ4n) is 18.0. The molecule has 0 aliphatic heterocycles. The van der Waals surface area contributed by atoms with E-state index in [9.17, 15) is 0 Å². The Labute approximate surface area is 721 Å². The molecule has 26 rings (SSSR count). The molecule has 16 heteroatoms. The lowest BCUT2D eigenvalue weighted by molar-refractivity contribution is 0.667. The van der Waals surface area contributed by atoms with E-state index < -0.39 is 0 Å². The van der Waals surface area contributed by atoms with E-state index in [1.54, 1.807) is 0 Å². The van der Waals surface area contributed by atoms with Crippen LogP contribution in [0.25, 0.3) is 255 Å². The number of thiophene rings is 1. The van der Waals surface area contributed by atoms with E-state index >= 15 is 0 Å². The van der Waals surface area contributed by atoms with E-state index in [1.165, 1.54) is 30.9 Å². The minimum Gasteiger partial charge on any atom is -0.456 e. The molecule has 588 valence electrons. The van der Waals surface area contributed by atoms with Crippen molar-refractivity contribution in [3.63, 3.8) is 0 Å². The topological polar surface area (TPSA) is 178 Å². The lowest BCUT2D eigenvalue weighted by Gasteiger charge is -2.16. The summed E-state index contributed by atoms with van der Waals surface area (Å²) in [6.45, 7) is 0. The molecule has 0 atom stereocenters. The summed E-state index contributed by atoms with van der Waals surface area (Å²) >= 11 is 1.83. The molecule has 0 radical (unpaired) electrons. The standard InChI is InChI=1S/C55H32N6O2.C55H32N6OS/c1-4-16-33(17-5-1)49-51-50(39-24-12-15-27-45(39)63-51)57-54(56-49)36-28-29-42(40(32-36)55-59-52(34-18-6-2-7-19-34)58-53(60-55)35-20-8-3-9-21-35)61-41-25-13-10-22-37(41)47-43(61)30-31-46-48(47)38-23-11-14-26-44(38)62-46;1-4-16-33(17-5-1)49-51-50(38-23-11-14-26-44(38)62-51)57-54(56-49)36-28-29-42(40(32-36)55-59-52(34-18-6-2-7-19-34)58-53(60-55)35-20-8-3-9-21-35)61-41-25-13-10-22-37(41)47-43(61)30-31-46-48(47)39-24-12-15-27-45(39)63-46/h2*1-32H. The zero-order valence-electron chi connectivity index (χ0n) is 66.9. The van der Waals surface area contributed by atoms with Gasteiger partial charge in [-0.15, -0.1) is 11.3 Å². The van der Waals surface area contributed by atoms with Crippen molar-refractivity contribution in [2.24, 2.45) is 0 Å². The van der Waals surface area contributed by atoms with Gasteiger partial charge in [0.2, 0.25) is 0 Å². The van der Waals surface area contributed by atoms with Gasteiger partial charge in [-0.2, -0.15) is 0 Å². The van der Waals surface area contributed by atoms with Gasteiger partial charge in [0.05, 0.1) is 33.4 Å². The van der Waals surface area contributed by atoms with Crippen LogP contribution >= 0.6 is 11.3 Å². The minimum atomic E-state index is 0.512. The summed E-state index contributed by atoms with van der Waals surface area (Å²) in [6, 6.07) is 132. The van der Waals surface area contributed by atoms with Crippen molar-refractivity contribution in [1.82, 2.24) is 59.0 Å². The lowest BCUT2D eigenvalue weighted by atomic mass is 10.0. The Morgan fingerprint density at radius 1 is 0.198 bits per heavy atom. The average molecular weight is 1630 g/mol. The smallest absolute Gasteiger partial charge is 0.180 e. The average Bonchev–Trinajstić information content (AvgIpc) is 1.56. The number of rotatable bonds is 12. The minimum absolute atomic E-state index is 0.512. The summed E-state index contributed by atoms with van der Waals surface area (Å²) < 4.78 is 26.6. The van der Waals surface area contributed by atoms with Gasteiger partial charge < -0.3 is 22.4 Å². The van der Waals surface area contributed by atoms with Crippen molar-refractivity contribution in [1.29, 1.82) is 0 Å². The molecule has 0 spiro atoms. The highest BCUT2D eigenvalue weighted by atomic mass is 32.1. The van der Waals surface area contributed by atoms with Crippen LogP contribution in [0.4, 0.5) is 0 Å². The predicted molar refractivity (Wildman–Crippen MR) is 509 cm³/mol. The first-order chi connectivity index (χ1) is 62.5. The van der Waals surface area contributed by atoms with Crippen LogP contribution in [0, 0.1) is 0 Å². The molecule has 0 fully saturated rings. The second-order valence-corrected chi connectivity index (χ2v) is 32.3. The third-order valence-electron chi connectivity index (χ3n) is 23.8. The summed E-state index contributed by atoms with van der Waals surface area (Å²) in [7, 11) is 0. The number of hydrogen-bond acceptors (Lipinski definition) is 14. The highest BCUT2D eigenvalue weighted by molar-refractivity contribution is 7.26. The van der Waals surface area contributed by atoms with Gasteiger partial charge in [-0.25, -0.2) is 49.8 Å². The maximum atomic E-state index is 6.48. The Hall–Kier alpha value is -17.1. The van der Waals surface area contributed by atoms with E-state index in [2.05, 4.69) is 185 Å². The summed E-state index contributed by atoms with van der Waals surface area (Å²) in [5.74, 6) is 4.46. The molecule has 16 aromatic carbocycles. The predicted octanol–water partition coefficient (Wildman–Crippen LogP) is 28.3. The van der Waals surface area contributed by atoms with Gasteiger partial charge in [0.15, 0.2) is 57.8 Å². The van der Waals surface area contributed by atoms with Gasteiger partial charge in [-0.05, 0) is 109 Å². The summed E-state index contributed by atoms with van der Waals surface area (Å²) in [6.07, 6.45) is 0. The molecule has 0 unspecified atom stereocenters. The summed E-state index contributed by atoms with van der Waals surface area (Å²) in [5.41, 5.74) is 22.1. The highest BCUT2D eigenvalue weighted by Crippen LogP contribution is 2.49. The number of hydrogen-bond donors (Lipinski definition) is 0. The van der Waals surface area contributed by atoms with Crippen LogP contribution in [0.3, 0.4) is 0 Å². The van der Waals surface area contributed by atoms with E-state index in [-0.39, 0.29) is 0 Å². The number of furan rings is 3. The molecule has 15 nitrogen and oxygen atoms in total. The fraction of sp³-hybridized carbons (Fsp3) is 0. The van der Waals surface area contributed by atoms with Crippen molar-refractivity contribution >= 4 is 141 Å². The molecule has 0 aliphatic carbocycles. The van der Waals surface area contributed by atoms with Crippen LogP contribution in [0.15, 0.2) is 401 Å². The normalized spacial score (nSPS) is 11.8. The largest absolute Gasteiger partial charge is 0.456 e. The maximum Gasteiger partial charge on any atom is 0.180 e. The zero-order valence-corrected chi connectivity index (χ0v) is 67.8. The molecule has 0 bridgehead atoms. The van der Waals surface area contributed by atoms with Crippen molar-refractivity contribution in [3.8, 4) is 125 Å². The van der Waals surface area contributed by atoms with Crippen molar-refractivity contribution in [2.75, 3.05) is 0 Å². The Morgan fingerprint density at radius 2 is 0.540 bits per heavy atom. The number of para-hydroxylation sites is 5. The fourth-order valence-corrected chi connectivity index (χ4v) is 19.2. The zero-order chi connectivity index (χ0) is 82.9. The second-order valence-electron chi connectivity index (χ2n) is 31.2. The van der Waals surface area contributed by atoms with Crippen LogP contribution < -0.4 is 0 Å². The molecule has 10 heterocycles. The second kappa shape index (κ2) is 29.4. The van der Waals surface area contributed by atoms with Crippen LogP contribution in [0.5, 0.6) is 0 Å². The first kappa shape index (κ1) is 71.8. The van der Waals surface area contributed by atoms with Crippen LogP contribution in [0.2, 0.25) is 0 Å².